The fourth-order valence-corrected chi connectivity index (χ4v) is 5.35. The van der Waals surface area contributed by atoms with Crippen molar-refractivity contribution in [1.29, 1.82) is 5.26 Å². The molecule has 2 aromatic carbocycles. The molecule has 0 fully saturated rings. The van der Waals surface area contributed by atoms with Gasteiger partial charge in [0.15, 0.2) is 0 Å². The third kappa shape index (κ3) is 4.34. The lowest BCUT2D eigenvalue weighted by Gasteiger charge is -2.24. The van der Waals surface area contributed by atoms with Crippen molar-refractivity contribution in [1.82, 2.24) is 4.57 Å². The van der Waals surface area contributed by atoms with Gasteiger partial charge in [0.2, 0.25) is 0 Å². The van der Waals surface area contributed by atoms with Gasteiger partial charge in [-0.25, -0.2) is 4.79 Å². The van der Waals surface area contributed by atoms with Gasteiger partial charge in [0, 0.05) is 8.95 Å². The van der Waals surface area contributed by atoms with Crippen molar-refractivity contribution < 1.29 is 9.53 Å². The number of nitrogens with zero attached hydrogens (tertiary/aromatic N) is 2. The normalized spacial score (nSPS) is 15.9. The van der Waals surface area contributed by atoms with E-state index in [2.05, 4.69) is 37.9 Å². The average Bonchev–Trinajstić information content (AvgIpc) is 3.11. The maximum Gasteiger partial charge on any atom is 0.338 e. The third-order valence-electron chi connectivity index (χ3n) is 5.14. The number of carbonyl (C=O) groups excluding carboxylic acids is 1. The number of nitriles is 1. The molecular weight excluding hydrogens is 570 g/mol. The number of allylic oxidation sites excluding steroid dienone is 1. The Morgan fingerprint density at radius 1 is 1.18 bits per heavy atom. The first kappa shape index (κ1) is 23.2. The van der Waals surface area contributed by atoms with Crippen molar-refractivity contribution >= 4 is 66.6 Å². The smallest absolute Gasteiger partial charge is 0.338 e. The van der Waals surface area contributed by atoms with E-state index in [0.717, 1.165) is 25.8 Å². The summed E-state index contributed by atoms with van der Waals surface area (Å²) in [5.41, 5.74) is 7.84. The Labute approximate surface area is 210 Å². The molecule has 0 spiro atoms. The second-order valence-electron chi connectivity index (χ2n) is 7.14. The Bertz CT molecular complexity index is 1490. The molecule has 9 heteroatoms. The van der Waals surface area contributed by atoms with Gasteiger partial charge in [0.25, 0.3) is 5.56 Å². The molecule has 0 amide bonds. The number of ether oxygens (including phenoxy) is 1. The van der Waals surface area contributed by atoms with Gasteiger partial charge < -0.3 is 10.5 Å². The van der Waals surface area contributed by atoms with E-state index < -0.39 is 11.9 Å². The molecule has 0 aliphatic carbocycles. The SMILES string of the molecule is CCOC(=O)C1=c2s/c(=C\c3ccc(Br)cc3)c(=O)n2C(N)=C(C#N)[C@H]1c1ccc(Br)cc1. The highest BCUT2D eigenvalue weighted by molar-refractivity contribution is 9.10. The fraction of sp³-hybridized carbons (Fsp3) is 0.125. The molecule has 6 nitrogen and oxygen atoms in total. The maximum atomic E-state index is 13.3. The second-order valence-corrected chi connectivity index (χ2v) is 10.00. The topological polar surface area (TPSA) is 98.1 Å². The van der Waals surface area contributed by atoms with Gasteiger partial charge in [0.05, 0.1) is 34.3 Å². The number of rotatable bonds is 4. The fourth-order valence-electron chi connectivity index (χ4n) is 3.65. The first-order valence-corrected chi connectivity index (χ1v) is 12.3. The maximum absolute atomic E-state index is 13.3. The molecule has 33 heavy (non-hydrogen) atoms. The summed E-state index contributed by atoms with van der Waals surface area (Å²) >= 11 is 7.96. The molecule has 1 aromatic heterocycles. The van der Waals surface area contributed by atoms with Gasteiger partial charge in [-0.2, -0.15) is 5.26 Å². The van der Waals surface area contributed by atoms with Crippen LogP contribution in [0.5, 0.6) is 0 Å². The van der Waals surface area contributed by atoms with Gasteiger partial charge in [-0.1, -0.05) is 56.1 Å². The lowest BCUT2D eigenvalue weighted by molar-refractivity contribution is -0.136. The lowest BCUT2D eigenvalue weighted by atomic mass is 9.84. The molecule has 166 valence electrons. The van der Waals surface area contributed by atoms with Crippen LogP contribution in [0, 0.1) is 11.3 Å². The Morgan fingerprint density at radius 2 is 1.79 bits per heavy atom. The molecule has 1 aliphatic rings. The van der Waals surface area contributed by atoms with E-state index in [-0.39, 0.29) is 29.1 Å². The third-order valence-corrected chi connectivity index (χ3v) is 7.30. The molecular formula is C24H17Br2N3O3S. The Morgan fingerprint density at radius 3 is 2.36 bits per heavy atom. The molecule has 0 bridgehead atoms. The van der Waals surface area contributed by atoms with Crippen LogP contribution < -0.4 is 20.5 Å². The highest BCUT2D eigenvalue weighted by atomic mass is 79.9. The predicted molar refractivity (Wildman–Crippen MR) is 135 cm³/mol. The monoisotopic (exact) mass is 585 g/mol. The van der Waals surface area contributed by atoms with Crippen LogP contribution in [0.1, 0.15) is 24.0 Å². The van der Waals surface area contributed by atoms with Crippen LogP contribution in [0.15, 0.2) is 67.8 Å². The molecule has 0 saturated carbocycles. The minimum Gasteiger partial charge on any atom is -0.463 e. The van der Waals surface area contributed by atoms with E-state index >= 15 is 0 Å². The van der Waals surface area contributed by atoms with Crippen molar-refractivity contribution in [2.24, 2.45) is 5.73 Å². The highest BCUT2D eigenvalue weighted by Gasteiger charge is 2.36. The minimum absolute atomic E-state index is 0.0187. The van der Waals surface area contributed by atoms with Gasteiger partial charge in [0.1, 0.15) is 10.5 Å². The number of carbonyl (C=O) groups is 1. The summed E-state index contributed by atoms with van der Waals surface area (Å²) < 4.78 is 9.12. The van der Waals surface area contributed by atoms with Crippen molar-refractivity contribution in [3.8, 4) is 6.07 Å². The van der Waals surface area contributed by atoms with Crippen LogP contribution in [0.3, 0.4) is 0 Å². The highest BCUT2D eigenvalue weighted by Crippen LogP contribution is 2.37. The molecule has 4 rings (SSSR count). The number of hydrogen-bond donors (Lipinski definition) is 1. The van der Waals surface area contributed by atoms with Crippen LogP contribution in [0.2, 0.25) is 0 Å². The van der Waals surface area contributed by atoms with Gasteiger partial charge >= 0.3 is 5.97 Å². The number of hydrogen-bond acceptors (Lipinski definition) is 6. The zero-order valence-electron chi connectivity index (χ0n) is 17.3. The Balaban J connectivity index is 2.08. The average molecular weight is 587 g/mol. The van der Waals surface area contributed by atoms with E-state index in [1.54, 1.807) is 13.0 Å². The quantitative estimate of drug-likeness (QED) is 0.472. The van der Waals surface area contributed by atoms with Crippen LogP contribution >= 0.6 is 43.2 Å². The van der Waals surface area contributed by atoms with Gasteiger partial charge in [-0.05, 0) is 48.4 Å². The molecule has 2 N–H and O–H groups in total. The van der Waals surface area contributed by atoms with E-state index in [4.69, 9.17) is 10.5 Å². The van der Waals surface area contributed by atoms with Crippen LogP contribution in [0.4, 0.5) is 0 Å². The first-order valence-electron chi connectivity index (χ1n) is 9.91. The van der Waals surface area contributed by atoms with E-state index in [1.165, 1.54) is 4.57 Å². The van der Waals surface area contributed by atoms with Gasteiger partial charge in [-0.3, -0.25) is 9.36 Å². The number of thiazole rings is 1. The number of halogens is 2. The summed E-state index contributed by atoms with van der Waals surface area (Å²) in [6.45, 7) is 1.86. The number of fused-ring (bicyclic) bond motifs is 1. The summed E-state index contributed by atoms with van der Waals surface area (Å²) in [5, 5.41) is 9.97. The zero-order valence-corrected chi connectivity index (χ0v) is 21.3. The summed E-state index contributed by atoms with van der Waals surface area (Å²) in [5.74, 6) is -1.32. The molecule has 2 heterocycles. The van der Waals surface area contributed by atoms with E-state index in [0.29, 0.717) is 14.8 Å². The number of benzene rings is 2. The van der Waals surface area contributed by atoms with Crippen LogP contribution in [-0.4, -0.2) is 17.1 Å². The molecule has 0 saturated heterocycles. The number of nitrogens with two attached hydrogens (primary N) is 1. The second kappa shape index (κ2) is 9.51. The summed E-state index contributed by atoms with van der Waals surface area (Å²) in [7, 11) is 0. The van der Waals surface area contributed by atoms with Crippen molar-refractivity contribution in [2.75, 3.05) is 6.61 Å². The lowest BCUT2D eigenvalue weighted by Crippen LogP contribution is -2.40. The summed E-state index contributed by atoms with van der Waals surface area (Å²) in [6.07, 6.45) is 1.74. The van der Waals surface area contributed by atoms with Crippen molar-refractivity contribution in [2.45, 2.75) is 12.8 Å². The molecule has 1 atom stereocenters. The largest absolute Gasteiger partial charge is 0.463 e. The molecule has 0 radical (unpaired) electrons. The van der Waals surface area contributed by atoms with Crippen molar-refractivity contribution in [3.63, 3.8) is 0 Å². The van der Waals surface area contributed by atoms with E-state index in [9.17, 15) is 14.9 Å². The van der Waals surface area contributed by atoms with Crippen molar-refractivity contribution in [3.05, 3.63) is 93.7 Å². The van der Waals surface area contributed by atoms with Crippen LogP contribution in [0.25, 0.3) is 17.5 Å². The Hall–Kier alpha value is -2.93. The molecule has 0 unspecified atom stereocenters. The summed E-state index contributed by atoms with van der Waals surface area (Å²) in [4.78, 5) is 26.4. The number of aromatic nitrogens is 1. The van der Waals surface area contributed by atoms with Gasteiger partial charge in [-0.15, -0.1) is 11.3 Å². The minimum atomic E-state index is -0.749. The predicted octanol–water partition coefficient (Wildman–Crippen LogP) is 3.43. The zero-order chi connectivity index (χ0) is 23.7. The molecule has 3 aromatic rings. The van der Waals surface area contributed by atoms with Crippen LogP contribution in [-0.2, 0) is 9.53 Å². The summed E-state index contributed by atoms with van der Waals surface area (Å²) in [6, 6.07) is 16.9. The number of esters is 1. The molecule has 1 aliphatic heterocycles. The first-order chi connectivity index (χ1) is 15.8. The Kier molecular flexibility index (Phi) is 6.70. The standard InChI is InChI=1S/C24H17Br2N3O3S/c1-2-32-24(31)20-19(14-5-9-16(26)10-6-14)17(12-27)21(28)29-22(30)18(33-23(20)29)11-13-3-7-15(25)8-4-13/h3-11,19H,2,28H2,1H3/b18-11-/t19-/m1/s1. The van der Waals surface area contributed by atoms with E-state index in [1.807, 2.05) is 48.5 Å².